The number of amides is 2. The second-order valence-corrected chi connectivity index (χ2v) is 10.5. The van der Waals surface area contributed by atoms with Gasteiger partial charge in [0.25, 0.3) is 5.69 Å². The second kappa shape index (κ2) is 13.2. The summed E-state index contributed by atoms with van der Waals surface area (Å²) in [5.41, 5.74) is 0.0158. The summed E-state index contributed by atoms with van der Waals surface area (Å²) in [6.45, 7) is 3.26. The minimum atomic E-state index is -4.11. The van der Waals surface area contributed by atoms with Gasteiger partial charge >= 0.3 is 0 Å². The highest BCUT2D eigenvalue weighted by atomic mass is 35.5. The Kier molecular flexibility index (Phi) is 10.7. The van der Waals surface area contributed by atoms with Crippen LogP contribution in [0.3, 0.4) is 0 Å². The summed E-state index contributed by atoms with van der Waals surface area (Å²) in [6, 6.07) is 9.35. The number of nitro groups is 1. The molecule has 1 N–H and O–H groups in total. The van der Waals surface area contributed by atoms with Gasteiger partial charge in [-0.1, -0.05) is 43.6 Å². The van der Waals surface area contributed by atoms with Gasteiger partial charge in [0.15, 0.2) is 0 Å². The molecule has 2 rings (SSSR count). The molecule has 0 spiro atoms. The molecule has 0 aliphatic heterocycles. The number of nitro benzene ring substituents is 1. The Balaban J connectivity index is 2.56. The molecule has 0 saturated heterocycles. The van der Waals surface area contributed by atoms with E-state index in [-0.39, 0.29) is 36.0 Å². The van der Waals surface area contributed by atoms with Crippen molar-refractivity contribution in [2.75, 3.05) is 30.8 Å². The molecule has 202 valence electrons. The Morgan fingerprint density at radius 3 is 2.41 bits per heavy atom. The average molecular weight is 555 g/mol. The summed E-state index contributed by atoms with van der Waals surface area (Å²) >= 11 is 6.32. The summed E-state index contributed by atoms with van der Waals surface area (Å²) in [5, 5.41) is 14.5. The second-order valence-electron chi connectivity index (χ2n) is 8.21. The number of methoxy groups -OCH3 is 1. The monoisotopic (exact) mass is 554 g/mol. The lowest BCUT2D eigenvalue weighted by molar-refractivity contribution is -0.384. The van der Waals surface area contributed by atoms with E-state index in [0.29, 0.717) is 23.6 Å². The van der Waals surface area contributed by atoms with Gasteiger partial charge in [-0.15, -0.1) is 0 Å². The Labute approximate surface area is 221 Å². The zero-order chi connectivity index (χ0) is 27.8. The van der Waals surface area contributed by atoms with E-state index in [9.17, 15) is 28.1 Å². The predicted octanol–water partition coefficient (Wildman–Crippen LogP) is 3.36. The lowest BCUT2D eigenvalue weighted by Crippen LogP contribution is -2.52. The van der Waals surface area contributed by atoms with E-state index in [0.717, 1.165) is 16.6 Å². The third-order valence-corrected chi connectivity index (χ3v) is 7.05. The number of ether oxygens (including phenoxy) is 1. The maximum absolute atomic E-state index is 13.7. The third kappa shape index (κ3) is 7.80. The largest absolute Gasteiger partial charge is 0.495 e. The van der Waals surface area contributed by atoms with Gasteiger partial charge in [0.2, 0.25) is 21.8 Å². The number of rotatable bonds is 13. The van der Waals surface area contributed by atoms with Crippen molar-refractivity contribution in [3.63, 3.8) is 0 Å². The normalized spacial score (nSPS) is 11.9. The highest BCUT2D eigenvalue weighted by Crippen LogP contribution is 2.34. The van der Waals surface area contributed by atoms with Crippen LogP contribution >= 0.6 is 11.6 Å². The van der Waals surface area contributed by atoms with E-state index in [1.54, 1.807) is 31.2 Å². The molecule has 13 heteroatoms. The Morgan fingerprint density at radius 2 is 1.86 bits per heavy atom. The number of non-ortho nitro benzene ring substituents is 1. The van der Waals surface area contributed by atoms with E-state index in [1.165, 1.54) is 24.1 Å². The number of hydrogen-bond acceptors (Lipinski definition) is 7. The van der Waals surface area contributed by atoms with Gasteiger partial charge in [0.05, 0.1) is 18.3 Å². The van der Waals surface area contributed by atoms with Crippen molar-refractivity contribution >= 4 is 44.8 Å². The fraction of sp³-hybridized carbons (Fsp3) is 0.417. The van der Waals surface area contributed by atoms with Crippen LogP contribution in [0.25, 0.3) is 0 Å². The van der Waals surface area contributed by atoms with Crippen molar-refractivity contribution in [2.24, 2.45) is 0 Å². The van der Waals surface area contributed by atoms with Crippen LogP contribution in [-0.4, -0.2) is 62.6 Å². The van der Waals surface area contributed by atoms with Crippen molar-refractivity contribution in [2.45, 2.75) is 39.3 Å². The molecule has 0 saturated carbocycles. The third-order valence-electron chi connectivity index (χ3n) is 5.55. The molecule has 0 radical (unpaired) electrons. The minimum absolute atomic E-state index is 0.0224. The predicted molar refractivity (Wildman–Crippen MR) is 141 cm³/mol. The van der Waals surface area contributed by atoms with Crippen molar-refractivity contribution < 1.29 is 27.7 Å². The van der Waals surface area contributed by atoms with E-state index in [2.05, 4.69) is 5.32 Å². The number of anilines is 1. The van der Waals surface area contributed by atoms with Crippen molar-refractivity contribution in [3.8, 4) is 5.75 Å². The van der Waals surface area contributed by atoms with E-state index in [1.807, 2.05) is 6.92 Å². The lowest BCUT2D eigenvalue weighted by Gasteiger charge is -2.33. The van der Waals surface area contributed by atoms with Gasteiger partial charge < -0.3 is 15.0 Å². The smallest absolute Gasteiger partial charge is 0.271 e. The maximum Gasteiger partial charge on any atom is 0.271 e. The Hall–Kier alpha value is -3.38. The fourth-order valence-electron chi connectivity index (χ4n) is 3.68. The number of benzene rings is 2. The Morgan fingerprint density at radius 1 is 1.19 bits per heavy atom. The quantitative estimate of drug-likeness (QED) is 0.296. The van der Waals surface area contributed by atoms with Crippen LogP contribution in [0.2, 0.25) is 5.02 Å². The van der Waals surface area contributed by atoms with Gasteiger partial charge in [0.1, 0.15) is 24.0 Å². The first-order valence-electron chi connectivity index (χ1n) is 11.5. The average Bonchev–Trinajstić information content (AvgIpc) is 2.85. The number of hydrogen-bond donors (Lipinski definition) is 1. The molecule has 2 aromatic rings. The van der Waals surface area contributed by atoms with Crippen LogP contribution in [0.5, 0.6) is 5.75 Å². The molecule has 0 fully saturated rings. The lowest BCUT2D eigenvalue weighted by atomic mass is 10.1. The number of nitrogens with one attached hydrogen (secondary N) is 1. The number of sulfonamides is 1. The van der Waals surface area contributed by atoms with Crippen LogP contribution in [-0.2, 0) is 26.2 Å². The first kappa shape index (κ1) is 29.8. The molecule has 11 nitrogen and oxygen atoms in total. The molecule has 1 atom stereocenters. The summed E-state index contributed by atoms with van der Waals surface area (Å²) in [6.07, 6.45) is 1.82. The first-order valence-corrected chi connectivity index (χ1v) is 13.8. The van der Waals surface area contributed by atoms with Crippen LogP contribution in [0.4, 0.5) is 11.4 Å². The van der Waals surface area contributed by atoms with Gasteiger partial charge in [-0.2, -0.15) is 0 Å². The zero-order valence-corrected chi connectivity index (χ0v) is 22.7. The molecular formula is C24H31ClN4O7S. The standard InChI is InChI=1S/C24H31ClN4O7S/c1-5-13-26-24(31)20(6-2)27(15-17-9-7-8-10-19(17)25)23(30)16-28(37(4,34)35)21-14-18(29(32)33)11-12-22(21)36-3/h7-12,14,20H,5-6,13,15-16H2,1-4H3,(H,26,31)/t20-/m1/s1. The molecular weight excluding hydrogens is 524 g/mol. The molecule has 2 amide bonds. The number of halogens is 1. The molecule has 0 aliphatic carbocycles. The van der Waals surface area contributed by atoms with Crippen molar-refractivity contribution in [3.05, 3.63) is 63.2 Å². The summed E-state index contributed by atoms with van der Waals surface area (Å²) in [5.74, 6) is -1.06. The molecule has 0 heterocycles. The topological polar surface area (TPSA) is 139 Å². The van der Waals surface area contributed by atoms with Gasteiger partial charge in [0, 0.05) is 30.2 Å². The van der Waals surface area contributed by atoms with Crippen LogP contribution in [0.1, 0.15) is 32.3 Å². The van der Waals surface area contributed by atoms with Crippen LogP contribution < -0.4 is 14.4 Å². The minimum Gasteiger partial charge on any atom is -0.495 e. The highest BCUT2D eigenvalue weighted by molar-refractivity contribution is 7.92. The number of carbonyl (C=O) groups is 2. The first-order chi connectivity index (χ1) is 17.4. The zero-order valence-electron chi connectivity index (χ0n) is 21.1. The summed E-state index contributed by atoms with van der Waals surface area (Å²) < 4.78 is 31.6. The molecule has 0 bridgehead atoms. The molecule has 0 unspecified atom stereocenters. The van der Waals surface area contributed by atoms with Crippen molar-refractivity contribution in [1.82, 2.24) is 10.2 Å². The Bertz CT molecular complexity index is 1240. The van der Waals surface area contributed by atoms with E-state index in [4.69, 9.17) is 16.3 Å². The SMILES string of the molecule is CCCNC(=O)[C@@H](CC)N(Cc1ccccc1Cl)C(=O)CN(c1cc([N+](=O)[O-])ccc1OC)S(C)(=O)=O. The van der Waals surface area contributed by atoms with E-state index < -0.39 is 33.4 Å². The number of carbonyl (C=O) groups excluding carboxylic acids is 2. The van der Waals surface area contributed by atoms with Crippen molar-refractivity contribution in [1.29, 1.82) is 0 Å². The van der Waals surface area contributed by atoms with Gasteiger partial charge in [-0.25, -0.2) is 8.42 Å². The molecule has 2 aromatic carbocycles. The van der Waals surface area contributed by atoms with Gasteiger partial charge in [-0.05, 0) is 30.5 Å². The summed E-state index contributed by atoms with van der Waals surface area (Å²) in [4.78, 5) is 38.6. The van der Waals surface area contributed by atoms with Crippen LogP contribution in [0, 0.1) is 10.1 Å². The number of nitrogens with zero attached hydrogens (tertiary/aromatic N) is 3. The van der Waals surface area contributed by atoms with E-state index >= 15 is 0 Å². The van der Waals surface area contributed by atoms with Crippen LogP contribution in [0.15, 0.2) is 42.5 Å². The summed E-state index contributed by atoms with van der Waals surface area (Å²) in [7, 11) is -2.83. The molecule has 0 aromatic heterocycles. The fourth-order valence-corrected chi connectivity index (χ4v) is 4.72. The van der Waals surface area contributed by atoms with Gasteiger partial charge in [-0.3, -0.25) is 24.0 Å². The maximum atomic E-state index is 13.7. The molecule has 37 heavy (non-hydrogen) atoms. The molecule has 0 aliphatic rings. The highest BCUT2D eigenvalue weighted by Gasteiger charge is 2.33.